The van der Waals surface area contributed by atoms with E-state index in [0.717, 1.165) is 52.5 Å². The Balaban J connectivity index is 1.47. The van der Waals surface area contributed by atoms with Crippen molar-refractivity contribution < 1.29 is 0 Å². The van der Waals surface area contributed by atoms with Crippen LogP contribution < -0.4 is 0 Å². The van der Waals surface area contributed by atoms with Gasteiger partial charge in [0.2, 0.25) is 0 Å². The minimum atomic E-state index is 0.0694. The maximum Gasteiger partial charge on any atom is 0.0802 e. The van der Waals surface area contributed by atoms with Gasteiger partial charge in [0.15, 0.2) is 0 Å². The SMILES string of the molecule is C1=CCC(/C=N/N=C(/c2ccccc2)C23CN4CN(CN(C4)C2)C3)CC1. The maximum absolute atomic E-state index is 4.86. The van der Waals surface area contributed by atoms with Crippen molar-refractivity contribution in [1.29, 1.82) is 0 Å². The van der Waals surface area contributed by atoms with Crippen LogP contribution in [0.4, 0.5) is 0 Å². The summed E-state index contributed by atoms with van der Waals surface area (Å²) in [6.07, 6.45) is 10.1. The second kappa shape index (κ2) is 6.72. The predicted octanol–water partition coefficient (Wildman–Crippen LogP) is 2.62. The van der Waals surface area contributed by atoms with E-state index >= 15 is 0 Å². The van der Waals surface area contributed by atoms with Gasteiger partial charge in [0, 0.05) is 25.8 Å². The fourth-order valence-electron chi connectivity index (χ4n) is 5.15. The lowest BCUT2D eigenvalue weighted by Crippen LogP contribution is -2.74. The summed E-state index contributed by atoms with van der Waals surface area (Å²) in [5.74, 6) is 0.536. The van der Waals surface area contributed by atoms with Crippen molar-refractivity contribution in [2.75, 3.05) is 39.6 Å². The van der Waals surface area contributed by atoms with E-state index in [0.29, 0.717) is 5.92 Å². The molecule has 0 spiro atoms. The van der Waals surface area contributed by atoms with E-state index in [1.165, 1.54) is 17.7 Å². The molecule has 1 unspecified atom stereocenters. The molecule has 0 amide bonds. The Bertz CT molecular complexity index is 701. The second-order valence-electron chi connectivity index (χ2n) is 8.32. The minimum absolute atomic E-state index is 0.0694. The Morgan fingerprint density at radius 3 is 2.27 bits per heavy atom. The quantitative estimate of drug-likeness (QED) is 0.476. The van der Waals surface area contributed by atoms with Crippen LogP contribution in [0.2, 0.25) is 0 Å². The Hall–Kier alpha value is -1.82. The topological polar surface area (TPSA) is 34.4 Å². The lowest BCUT2D eigenvalue weighted by atomic mass is 9.74. The Morgan fingerprint density at radius 1 is 0.962 bits per heavy atom. The highest BCUT2D eigenvalue weighted by Crippen LogP contribution is 2.38. The summed E-state index contributed by atoms with van der Waals surface area (Å²) in [4.78, 5) is 7.64. The number of allylic oxidation sites excluding steroid dienone is 2. The van der Waals surface area contributed by atoms with Gasteiger partial charge in [0.25, 0.3) is 0 Å². The molecule has 5 heteroatoms. The third-order valence-corrected chi connectivity index (χ3v) is 6.07. The molecule has 0 aromatic heterocycles. The molecule has 5 aliphatic rings. The van der Waals surface area contributed by atoms with Crippen molar-refractivity contribution in [3.05, 3.63) is 48.0 Å². The first-order valence-corrected chi connectivity index (χ1v) is 9.80. The van der Waals surface area contributed by atoms with Crippen molar-refractivity contribution in [3.8, 4) is 0 Å². The molecular weight excluding hydrogens is 322 g/mol. The number of hydrogen-bond donors (Lipinski definition) is 0. The Kier molecular flexibility index (Phi) is 4.23. The van der Waals surface area contributed by atoms with Crippen molar-refractivity contribution in [3.63, 3.8) is 0 Å². The molecular formula is C21H27N5. The molecule has 4 bridgehead atoms. The zero-order chi connectivity index (χ0) is 17.4. The van der Waals surface area contributed by atoms with Crippen LogP contribution in [0.15, 0.2) is 52.7 Å². The minimum Gasteiger partial charge on any atom is -0.276 e. The van der Waals surface area contributed by atoms with E-state index in [2.05, 4.69) is 68.5 Å². The zero-order valence-corrected chi connectivity index (χ0v) is 15.3. The van der Waals surface area contributed by atoms with E-state index in [9.17, 15) is 0 Å². The van der Waals surface area contributed by atoms with E-state index in [1.807, 2.05) is 0 Å². The largest absolute Gasteiger partial charge is 0.276 e. The monoisotopic (exact) mass is 349 g/mol. The van der Waals surface area contributed by atoms with E-state index in [1.54, 1.807) is 0 Å². The number of hydrogen-bond acceptors (Lipinski definition) is 5. The second-order valence-corrected chi connectivity index (χ2v) is 8.32. The van der Waals surface area contributed by atoms with Gasteiger partial charge in [-0.2, -0.15) is 10.2 Å². The molecule has 0 radical (unpaired) electrons. The molecule has 1 aromatic rings. The number of rotatable bonds is 4. The molecule has 136 valence electrons. The van der Waals surface area contributed by atoms with Gasteiger partial charge in [-0.05, 0) is 30.7 Å². The van der Waals surface area contributed by atoms with Crippen LogP contribution in [0.5, 0.6) is 0 Å². The van der Waals surface area contributed by atoms with Crippen LogP contribution >= 0.6 is 0 Å². The van der Waals surface area contributed by atoms with Gasteiger partial charge in [-0.25, -0.2) is 0 Å². The van der Waals surface area contributed by atoms with Gasteiger partial charge in [-0.1, -0.05) is 42.5 Å². The summed E-state index contributed by atoms with van der Waals surface area (Å²) in [7, 11) is 0. The smallest absolute Gasteiger partial charge is 0.0802 e. The molecule has 1 aliphatic carbocycles. The van der Waals surface area contributed by atoms with Gasteiger partial charge < -0.3 is 0 Å². The molecule has 5 nitrogen and oxygen atoms in total. The molecule has 0 saturated carbocycles. The summed E-state index contributed by atoms with van der Waals surface area (Å²) in [6, 6.07) is 10.7. The molecule has 4 saturated heterocycles. The summed E-state index contributed by atoms with van der Waals surface area (Å²) in [5.41, 5.74) is 2.46. The fraction of sp³-hybridized carbons (Fsp3) is 0.524. The van der Waals surface area contributed by atoms with Crippen LogP contribution in [0, 0.1) is 11.3 Å². The molecule has 1 aromatic carbocycles. The van der Waals surface area contributed by atoms with Crippen molar-refractivity contribution >= 4 is 11.9 Å². The highest BCUT2D eigenvalue weighted by molar-refractivity contribution is 6.05. The predicted molar refractivity (Wildman–Crippen MR) is 105 cm³/mol. The lowest BCUT2D eigenvalue weighted by Gasteiger charge is -2.60. The number of benzene rings is 1. The van der Waals surface area contributed by atoms with Gasteiger partial charge in [0.1, 0.15) is 0 Å². The fourth-order valence-corrected chi connectivity index (χ4v) is 5.15. The summed E-state index contributed by atoms with van der Waals surface area (Å²) >= 11 is 0. The first kappa shape index (κ1) is 16.4. The van der Waals surface area contributed by atoms with Crippen molar-refractivity contribution in [1.82, 2.24) is 14.7 Å². The van der Waals surface area contributed by atoms with Crippen LogP contribution in [-0.4, -0.2) is 66.3 Å². The van der Waals surface area contributed by atoms with Gasteiger partial charge in [-0.3, -0.25) is 14.7 Å². The van der Waals surface area contributed by atoms with E-state index < -0.39 is 0 Å². The van der Waals surface area contributed by atoms with Gasteiger partial charge in [-0.15, -0.1) is 0 Å². The first-order chi connectivity index (χ1) is 12.8. The molecule has 1 atom stereocenters. The van der Waals surface area contributed by atoms with Crippen molar-refractivity contribution in [2.45, 2.75) is 19.3 Å². The number of nitrogens with zero attached hydrogens (tertiary/aromatic N) is 5. The molecule has 0 N–H and O–H groups in total. The van der Waals surface area contributed by atoms with Gasteiger partial charge in [0.05, 0.1) is 31.1 Å². The normalized spacial score (nSPS) is 39.0. The Labute approximate surface area is 155 Å². The van der Waals surface area contributed by atoms with Crippen LogP contribution in [0.25, 0.3) is 0 Å². The first-order valence-electron chi connectivity index (χ1n) is 9.80. The summed E-state index contributed by atoms with van der Waals surface area (Å²) in [5, 5.41) is 9.46. The average molecular weight is 349 g/mol. The highest BCUT2D eigenvalue weighted by atomic mass is 15.5. The van der Waals surface area contributed by atoms with Gasteiger partial charge >= 0.3 is 0 Å². The van der Waals surface area contributed by atoms with E-state index in [-0.39, 0.29) is 5.41 Å². The summed E-state index contributed by atoms with van der Waals surface area (Å²) < 4.78 is 0. The zero-order valence-electron chi connectivity index (χ0n) is 15.3. The average Bonchev–Trinajstić information content (AvgIpc) is 2.65. The van der Waals surface area contributed by atoms with Crippen LogP contribution in [-0.2, 0) is 0 Å². The lowest BCUT2D eigenvalue weighted by molar-refractivity contribution is -0.149. The van der Waals surface area contributed by atoms with Crippen molar-refractivity contribution in [2.24, 2.45) is 21.5 Å². The standard InChI is InChI=1S/C21H27N5/c1-3-7-18(8-4-1)11-22-23-20(19-9-5-2-6-10-19)21-12-24-15-25(13-21)17-26(14-21)16-24/h1-3,5-6,9-11,18H,4,7-8,12-17H2/b22-11+,23-20-. The highest BCUT2D eigenvalue weighted by Gasteiger charge is 2.51. The molecule has 4 aliphatic heterocycles. The summed E-state index contributed by atoms with van der Waals surface area (Å²) in [6.45, 7) is 6.56. The Morgan fingerprint density at radius 2 is 1.65 bits per heavy atom. The van der Waals surface area contributed by atoms with E-state index in [4.69, 9.17) is 5.10 Å². The molecule has 4 fully saturated rings. The molecule has 4 heterocycles. The third-order valence-electron chi connectivity index (χ3n) is 6.07. The maximum atomic E-state index is 4.86. The van der Waals surface area contributed by atoms with Crippen LogP contribution in [0.3, 0.4) is 0 Å². The van der Waals surface area contributed by atoms with Crippen LogP contribution in [0.1, 0.15) is 24.8 Å². The molecule has 6 rings (SSSR count). The third kappa shape index (κ3) is 3.04. The molecule has 26 heavy (non-hydrogen) atoms.